The molecule has 0 saturated carbocycles. The number of nitrogens with one attached hydrogen (secondary N) is 1. The molecule has 1 fully saturated rings. The lowest BCUT2D eigenvalue weighted by atomic mass is 10.0. The monoisotopic (exact) mass is 334 g/mol. The maximum atomic E-state index is 12.4. The third-order valence-corrected chi connectivity index (χ3v) is 4.28. The number of hydrogen-bond donors (Lipinski definition) is 1. The SMILES string of the molecule is CCOC(=O)N1CCC(NC(=O)c2ccc(OC)c(CC)c2)CC1. The number of carbonyl (C=O) groups excluding carboxylic acids is 2. The van der Waals surface area contributed by atoms with Crippen LogP contribution in [0.1, 0.15) is 42.6 Å². The fourth-order valence-electron chi connectivity index (χ4n) is 2.89. The van der Waals surface area contributed by atoms with Gasteiger partial charge >= 0.3 is 6.09 Å². The molecule has 1 aliphatic rings. The predicted octanol–water partition coefficient (Wildman–Crippen LogP) is 2.61. The summed E-state index contributed by atoms with van der Waals surface area (Å²) in [6.45, 7) is 5.42. The zero-order valence-electron chi connectivity index (χ0n) is 14.6. The van der Waals surface area contributed by atoms with E-state index in [9.17, 15) is 9.59 Å². The van der Waals surface area contributed by atoms with Crippen LogP contribution in [-0.2, 0) is 11.2 Å². The molecule has 24 heavy (non-hydrogen) atoms. The molecule has 0 spiro atoms. The molecule has 132 valence electrons. The third kappa shape index (κ3) is 4.40. The largest absolute Gasteiger partial charge is 0.496 e. The fraction of sp³-hybridized carbons (Fsp3) is 0.556. The predicted molar refractivity (Wildman–Crippen MR) is 91.5 cm³/mol. The number of nitrogens with zero attached hydrogens (tertiary/aromatic N) is 1. The molecule has 1 aromatic rings. The van der Waals surface area contributed by atoms with E-state index in [1.54, 1.807) is 25.0 Å². The van der Waals surface area contributed by atoms with Gasteiger partial charge in [0.2, 0.25) is 0 Å². The van der Waals surface area contributed by atoms with Crippen molar-refractivity contribution >= 4 is 12.0 Å². The van der Waals surface area contributed by atoms with Crippen LogP contribution in [0.25, 0.3) is 0 Å². The maximum absolute atomic E-state index is 12.4. The minimum Gasteiger partial charge on any atom is -0.496 e. The molecule has 1 aromatic carbocycles. The summed E-state index contributed by atoms with van der Waals surface area (Å²) in [6, 6.07) is 5.57. The average molecular weight is 334 g/mol. The Morgan fingerprint density at radius 1 is 1.25 bits per heavy atom. The topological polar surface area (TPSA) is 67.9 Å². The number of amides is 2. The summed E-state index contributed by atoms with van der Waals surface area (Å²) in [6.07, 6.45) is 2.01. The van der Waals surface area contributed by atoms with E-state index in [0.29, 0.717) is 25.3 Å². The van der Waals surface area contributed by atoms with Crippen molar-refractivity contribution in [3.8, 4) is 5.75 Å². The molecule has 0 unspecified atom stereocenters. The van der Waals surface area contributed by atoms with Gasteiger partial charge in [-0.2, -0.15) is 0 Å². The molecule has 0 atom stereocenters. The van der Waals surface area contributed by atoms with Crippen molar-refractivity contribution in [2.45, 2.75) is 39.2 Å². The number of carbonyl (C=O) groups is 2. The van der Waals surface area contributed by atoms with Gasteiger partial charge in [-0.05, 0) is 49.9 Å². The molecule has 0 aromatic heterocycles. The Morgan fingerprint density at radius 2 is 1.96 bits per heavy atom. The molecule has 6 heteroatoms. The van der Waals surface area contributed by atoms with Crippen molar-refractivity contribution < 1.29 is 19.1 Å². The Bertz CT molecular complexity index is 580. The lowest BCUT2D eigenvalue weighted by Gasteiger charge is -2.31. The highest BCUT2D eigenvalue weighted by molar-refractivity contribution is 5.94. The molecule has 1 aliphatic heterocycles. The number of ether oxygens (including phenoxy) is 2. The Kier molecular flexibility index (Phi) is 6.46. The first-order chi connectivity index (χ1) is 11.6. The second-order valence-electron chi connectivity index (χ2n) is 5.81. The molecule has 1 heterocycles. The molecular weight excluding hydrogens is 308 g/mol. The molecule has 1 saturated heterocycles. The second kappa shape index (κ2) is 8.57. The van der Waals surface area contributed by atoms with E-state index in [-0.39, 0.29) is 18.0 Å². The number of hydrogen-bond acceptors (Lipinski definition) is 4. The van der Waals surface area contributed by atoms with E-state index in [2.05, 4.69) is 5.32 Å². The molecule has 0 bridgehead atoms. The quantitative estimate of drug-likeness (QED) is 0.899. The van der Waals surface area contributed by atoms with Crippen LogP contribution in [0.4, 0.5) is 4.79 Å². The van der Waals surface area contributed by atoms with Gasteiger partial charge in [0.15, 0.2) is 0 Å². The van der Waals surface area contributed by atoms with Gasteiger partial charge in [-0.3, -0.25) is 4.79 Å². The molecule has 2 rings (SSSR count). The van der Waals surface area contributed by atoms with Crippen LogP contribution in [0, 0.1) is 0 Å². The first-order valence-electron chi connectivity index (χ1n) is 8.48. The van der Waals surface area contributed by atoms with Crippen LogP contribution >= 0.6 is 0 Å². The van der Waals surface area contributed by atoms with Gasteiger partial charge < -0.3 is 19.7 Å². The Balaban J connectivity index is 1.91. The van der Waals surface area contributed by atoms with Crippen molar-refractivity contribution in [2.24, 2.45) is 0 Å². The van der Waals surface area contributed by atoms with Gasteiger partial charge in [-0.25, -0.2) is 4.79 Å². The van der Waals surface area contributed by atoms with Gasteiger partial charge in [0.05, 0.1) is 13.7 Å². The number of rotatable bonds is 5. The van der Waals surface area contributed by atoms with Crippen LogP contribution in [0.2, 0.25) is 0 Å². The Hall–Kier alpha value is -2.24. The maximum Gasteiger partial charge on any atom is 0.409 e. The minimum atomic E-state index is -0.273. The van der Waals surface area contributed by atoms with Gasteiger partial charge in [0.25, 0.3) is 5.91 Å². The molecule has 2 amide bonds. The normalized spacial score (nSPS) is 15.0. The Labute approximate surface area is 143 Å². The Morgan fingerprint density at radius 3 is 2.54 bits per heavy atom. The van der Waals surface area contributed by atoms with Crippen molar-refractivity contribution in [3.05, 3.63) is 29.3 Å². The summed E-state index contributed by atoms with van der Waals surface area (Å²) in [4.78, 5) is 25.8. The van der Waals surface area contributed by atoms with Crippen molar-refractivity contribution in [1.29, 1.82) is 0 Å². The van der Waals surface area contributed by atoms with Gasteiger partial charge in [0.1, 0.15) is 5.75 Å². The summed E-state index contributed by atoms with van der Waals surface area (Å²) in [5.41, 5.74) is 1.66. The highest BCUT2D eigenvalue weighted by atomic mass is 16.6. The van der Waals surface area contributed by atoms with Crippen LogP contribution in [0.15, 0.2) is 18.2 Å². The molecule has 0 aliphatic carbocycles. The zero-order valence-corrected chi connectivity index (χ0v) is 14.6. The number of aryl methyl sites for hydroxylation is 1. The van der Waals surface area contributed by atoms with E-state index in [0.717, 1.165) is 30.6 Å². The molecule has 1 N–H and O–H groups in total. The summed E-state index contributed by atoms with van der Waals surface area (Å²) < 4.78 is 10.3. The molecule has 6 nitrogen and oxygen atoms in total. The van der Waals surface area contributed by atoms with Crippen LogP contribution in [0.5, 0.6) is 5.75 Å². The van der Waals surface area contributed by atoms with Crippen molar-refractivity contribution in [2.75, 3.05) is 26.8 Å². The smallest absolute Gasteiger partial charge is 0.409 e. The second-order valence-corrected chi connectivity index (χ2v) is 5.81. The van der Waals surface area contributed by atoms with Crippen LogP contribution in [0.3, 0.4) is 0 Å². The summed E-state index contributed by atoms with van der Waals surface area (Å²) >= 11 is 0. The third-order valence-electron chi connectivity index (χ3n) is 4.28. The molecular formula is C18H26N2O4. The van der Waals surface area contributed by atoms with Crippen molar-refractivity contribution in [1.82, 2.24) is 10.2 Å². The fourth-order valence-corrected chi connectivity index (χ4v) is 2.89. The van der Waals surface area contributed by atoms with Gasteiger partial charge in [0, 0.05) is 24.7 Å². The molecule has 0 radical (unpaired) electrons. The van der Waals surface area contributed by atoms with E-state index in [1.807, 2.05) is 19.1 Å². The zero-order chi connectivity index (χ0) is 17.5. The first-order valence-corrected chi connectivity index (χ1v) is 8.48. The van der Waals surface area contributed by atoms with E-state index in [1.165, 1.54) is 0 Å². The number of likely N-dealkylation sites (tertiary alicyclic amines) is 1. The minimum absolute atomic E-state index is 0.0790. The standard InChI is InChI=1S/C18H26N2O4/c1-4-13-12-14(6-7-16(13)23-3)17(21)19-15-8-10-20(11-9-15)18(22)24-5-2/h6-7,12,15H,4-5,8-11H2,1-3H3,(H,19,21). The van der Waals surface area contributed by atoms with Gasteiger partial charge in [-0.1, -0.05) is 6.92 Å². The number of piperidine rings is 1. The van der Waals surface area contributed by atoms with Crippen LogP contribution in [-0.4, -0.2) is 49.7 Å². The summed E-state index contributed by atoms with van der Waals surface area (Å²) in [5, 5.41) is 3.06. The average Bonchev–Trinajstić information content (AvgIpc) is 2.61. The highest BCUT2D eigenvalue weighted by Gasteiger charge is 2.24. The van der Waals surface area contributed by atoms with Gasteiger partial charge in [-0.15, -0.1) is 0 Å². The lowest BCUT2D eigenvalue weighted by molar-refractivity contribution is 0.0860. The summed E-state index contributed by atoms with van der Waals surface area (Å²) in [7, 11) is 1.63. The number of methoxy groups -OCH3 is 1. The van der Waals surface area contributed by atoms with E-state index < -0.39 is 0 Å². The highest BCUT2D eigenvalue weighted by Crippen LogP contribution is 2.21. The summed E-state index contributed by atoms with van der Waals surface area (Å²) in [5.74, 6) is 0.721. The van der Waals surface area contributed by atoms with E-state index in [4.69, 9.17) is 9.47 Å². The van der Waals surface area contributed by atoms with Crippen LogP contribution < -0.4 is 10.1 Å². The first kappa shape index (κ1) is 18.1. The van der Waals surface area contributed by atoms with E-state index >= 15 is 0 Å². The number of benzene rings is 1. The van der Waals surface area contributed by atoms with Crippen molar-refractivity contribution in [3.63, 3.8) is 0 Å². The lowest BCUT2D eigenvalue weighted by Crippen LogP contribution is -2.46.